The van der Waals surface area contributed by atoms with Gasteiger partial charge in [-0.3, -0.25) is 4.68 Å². The molecule has 0 aliphatic carbocycles. The Labute approximate surface area is 120 Å². The van der Waals surface area contributed by atoms with E-state index in [0.717, 1.165) is 30.9 Å². The molecule has 0 aliphatic heterocycles. The number of nitrogens with zero attached hydrogens (tertiary/aromatic N) is 2. The highest BCUT2D eigenvalue weighted by molar-refractivity contribution is 5.27. The summed E-state index contributed by atoms with van der Waals surface area (Å²) < 4.78 is 2.05. The summed E-state index contributed by atoms with van der Waals surface area (Å²) in [5, 5.41) is 17.0. The van der Waals surface area contributed by atoms with Gasteiger partial charge in [-0.1, -0.05) is 31.2 Å². The molecule has 0 aliphatic rings. The zero-order chi connectivity index (χ0) is 14.5. The Bertz CT molecular complexity index is 558. The van der Waals surface area contributed by atoms with Crippen LogP contribution in [-0.2, 0) is 19.7 Å². The Morgan fingerprint density at radius 1 is 1.15 bits per heavy atom. The summed E-state index contributed by atoms with van der Waals surface area (Å²) in [4.78, 5) is 0. The van der Waals surface area contributed by atoms with Crippen LogP contribution in [-0.4, -0.2) is 21.4 Å². The summed E-state index contributed by atoms with van der Waals surface area (Å²) in [5.41, 5.74) is 5.74. The lowest BCUT2D eigenvalue weighted by molar-refractivity contribution is 0.282. The quantitative estimate of drug-likeness (QED) is 0.848. The molecule has 1 heterocycles. The lowest BCUT2D eigenvalue weighted by Crippen LogP contribution is -2.13. The van der Waals surface area contributed by atoms with Crippen LogP contribution in [0.1, 0.15) is 35.0 Å². The van der Waals surface area contributed by atoms with E-state index in [2.05, 4.69) is 35.9 Å². The molecule has 2 aromatic rings. The maximum absolute atomic E-state index is 9.06. The number of aliphatic hydroxyl groups excluding tert-OH is 1. The number of hydrogen-bond donors (Lipinski definition) is 2. The van der Waals surface area contributed by atoms with Gasteiger partial charge < -0.3 is 10.4 Å². The van der Waals surface area contributed by atoms with Crippen LogP contribution in [0.5, 0.6) is 0 Å². The minimum absolute atomic E-state index is 0.0903. The zero-order valence-electron chi connectivity index (χ0n) is 12.5. The first-order valence-electron chi connectivity index (χ1n) is 7.08. The molecule has 0 unspecified atom stereocenters. The predicted molar refractivity (Wildman–Crippen MR) is 80.5 cm³/mol. The molecule has 0 atom stereocenters. The van der Waals surface area contributed by atoms with E-state index in [1.165, 1.54) is 16.8 Å². The van der Waals surface area contributed by atoms with Gasteiger partial charge in [-0.15, -0.1) is 0 Å². The topological polar surface area (TPSA) is 50.1 Å². The highest BCUT2D eigenvalue weighted by Gasteiger charge is 2.11. The van der Waals surface area contributed by atoms with Crippen molar-refractivity contribution in [2.75, 3.05) is 6.54 Å². The van der Waals surface area contributed by atoms with E-state index in [9.17, 15) is 0 Å². The molecule has 4 nitrogen and oxygen atoms in total. The lowest BCUT2D eigenvalue weighted by atomic mass is 10.1. The van der Waals surface area contributed by atoms with Gasteiger partial charge >= 0.3 is 0 Å². The number of rotatable bonds is 6. The molecule has 1 aromatic heterocycles. The van der Waals surface area contributed by atoms with Crippen molar-refractivity contribution >= 4 is 0 Å². The standard InChI is InChI=1S/C16H23N3O/c1-4-17-9-16-12(2)18-19(13(16)3)10-14-5-7-15(11-20)8-6-14/h5-8,17,20H,4,9-11H2,1-3H3. The van der Waals surface area contributed by atoms with Gasteiger partial charge in [0.25, 0.3) is 0 Å². The van der Waals surface area contributed by atoms with Crippen molar-refractivity contribution < 1.29 is 5.11 Å². The van der Waals surface area contributed by atoms with Crippen molar-refractivity contribution in [3.8, 4) is 0 Å². The number of benzene rings is 1. The van der Waals surface area contributed by atoms with E-state index in [4.69, 9.17) is 5.11 Å². The largest absolute Gasteiger partial charge is 0.392 e. The molecule has 2 rings (SSSR count). The van der Waals surface area contributed by atoms with Crippen molar-refractivity contribution in [1.82, 2.24) is 15.1 Å². The van der Waals surface area contributed by atoms with Crippen molar-refractivity contribution in [3.05, 3.63) is 52.3 Å². The fraction of sp³-hybridized carbons (Fsp3) is 0.438. The summed E-state index contributed by atoms with van der Waals surface area (Å²) in [6.07, 6.45) is 0. The molecule has 0 saturated heterocycles. The molecule has 4 heteroatoms. The Morgan fingerprint density at radius 2 is 1.80 bits per heavy atom. The van der Waals surface area contributed by atoms with Gasteiger partial charge in [0.1, 0.15) is 0 Å². The Morgan fingerprint density at radius 3 is 2.40 bits per heavy atom. The minimum Gasteiger partial charge on any atom is -0.392 e. The average molecular weight is 273 g/mol. The lowest BCUT2D eigenvalue weighted by Gasteiger charge is -2.07. The molecule has 0 saturated carbocycles. The van der Waals surface area contributed by atoms with Crippen LogP contribution in [0, 0.1) is 13.8 Å². The zero-order valence-corrected chi connectivity index (χ0v) is 12.5. The van der Waals surface area contributed by atoms with E-state index in [1.54, 1.807) is 0 Å². The SMILES string of the molecule is CCNCc1c(C)nn(Cc2ccc(CO)cc2)c1C. The van der Waals surface area contributed by atoms with Gasteiger partial charge in [0, 0.05) is 17.8 Å². The molecule has 0 bridgehead atoms. The van der Waals surface area contributed by atoms with E-state index >= 15 is 0 Å². The fourth-order valence-electron chi connectivity index (χ4n) is 2.32. The highest BCUT2D eigenvalue weighted by Crippen LogP contribution is 2.15. The molecular weight excluding hydrogens is 250 g/mol. The summed E-state index contributed by atoms with van der Waals surface area (Å²) in [5.74, 6) is 0. The minimum atomic E-state index is 0.0903. The van der Waals surface area contributed by atoms with Gasteiger partial charge in [0.05, 0.1) is 18.8 Å². The molecule has 0 spiro atoms. The van der Waals surface area contributed by atoms with E-state index in [1.807, 2.05) is 24.3 Å². The maximum Gasteiger partial charge on any atom is 0.0681 e. The van der Waals surface area contributed by atoms with Gasteiger partial charge in [-0.2, -0.15) is 5.10 Å². The van der Waals surface area contributed by atoms with Crippen molar-refractivity contribution in [2.45, 2.75) is 40.5 Å². The first kappa shape index (κ1) is 14.8. The van der Waals surface area contributed by atoms with Crippen molar-refractivity contribution in [2.24, 2.45) is 0 Å². The Kier molecular flexibility index (Phi) is 4.93. The van der Waals surface area contributed by atoms with E-state index in [0.29, 0.717) is 0 Å². The van der Waals surface area contributed by atoms with Gasteiger partial charge in [0.2, 0.25) is 0 Å². The smallest absolute Gasteiger partial charge is 0.0681 e. The monoisotopic (exact) mass is 273 g/mol. The number of aromatic nitrogens is 2. The summed E-state index contributed by atoms with van der Waals surface area (Å²) in [6, 6.07) is 8.01. The summed E-state index contributed by atoms with van der Waals surface area (Å²) in [7, 11) is 0. The third-order valence-corrected chi connectivity index (χ3v) is 3.62. The van der Waals surface area contributed by atoms with Gasteiger partial charge in [-0.25, -0.2) is 0 Å². The summed E-state index contributed by atoms with van der Waals surface area (Å²) in [6.45, 7) is 8.99. The van der Waals surface area contributed by atoms with E-state index < -0.39 is 0 Å². The molecule has 0 radical (unpaired) electrons. The first-order valence-corrected chi connectivity index (χ1v) is 7.08. The normalized spacial score (nSPS) is 11.0. The van der Waals surface area contributed by atoms with Crippen LogP contribution in [0.4, 0.5) is 0 Å². The number of aryl methyl sites for hydroxylation is 1. The molecule has 0 fully saturated rings. The van der Waals surface area contributed by atoms with Crippen molar-refractivity contribution in [3.63, 3.8) is 0 Å². The van der Waals surface area contributed by atoms with Gasteiger partial charge in [-0.05, 0) is 31.5 Å². The molecule has 1 aromatic carbocycles. The molecule has 108 valence electrons. The highest BCUT2D eigenvalue weighted by atomic mass is 16.3. The third kappa shape index (κ3) is 3.26. The van der Waals surface area contributed by atoms with Gasteiger partial charge in [0.15, 0.2) is 0 Å². The molecule has 20 heavy (non-hydrogen) atoms. The third-order valence-electron chi connectivity index (χ3n) is 3.62. The van der Waals surface area contributed by atoms with Crippen LogP contribution in [0.2, 0.25) is 0 Å². The maximum atomic E-state index is 9.06. The molecular formula is C16H23N3O. The fourth-order valence-corrected chi connectivity index (χ4v) is 2.32. The predicted octanol–water partition coefficient (Wildman–Crippen LogP) is 2.15. The number of aliphatic hydroxyl groups is 1. The van der Waals surface area contributed by atoms with E-state index in [-0.39, 0.29) is 6.61 Å². The second-order valence-corrected chi connectivity index (χ2v) is 5.06. The average Bonchev–Trinajstić information content (AvgIpc) is 2.72. The molecule has 0 amide bonds. The Balaban J connectivity index is 2.16. The van der Waals surface area contributed by atoms with Crippen molar-refractivity contribution in [1.29, 1.82) is 0 Å². The second kappa shape index (κ2) is 6.68. The number of hydrogen-bond acceptors (Lipinski definition) is 3. The number of nitrogens with one attached hydrogen (secondary N) is 1. The van der Waals surface area contributed by atoms with Crippen LogP contribution >= 0.6 is 0 Å². The molecule has 2 N–H and O–H groups in total. The second-order valence-electron chi connectivity index (χ2n) is 5.06. The van der Waals surface area contributed by atoms with Crippen LogP contribution < -0.4 is 5.32 Å². The first-order chi connectivity index (χ1) is 9.65. The van der Waals surface area contributed by atoms with Crippen LogP contribution in [0.3, 0.4) is 0 Å². The van der Waals surface area contributed by atoms with Crippen LogP contribution in [0.25, 0.3) is 0 Å². The Hall–Kier alpha value is -1.65. The summed E-state index contributed by atoms with van der Waals surface area (Å²) >= 11 is 0. The van der Waals surface area contributed by atoms with Crippen LogP contribution in [0.15, 0.2) is 24.3 Å².